The molecule has 5 aromatic heterocycles. The maximum absolute atomic E-state index is 6.73. The molecule has 0 radical (unpaired) electrons. The summed E-state index contributed by atoms with van der Waals surface area (Å²) < 4.78 is 17.8. The van der Waals surface area contributed by atoms with Crippen molar-refractivity contribution in [1.82, 2.24) is 24.1 Å². The molecule has 16 aromatic rings. The molecule has 0 aliphatic heterocycles. The maximum Gasteiger partial charge on any atom is 0.166 e. The van der Waals surface area contributed by atoms with Crippen molar-refractivity contribution in [3.63, 3.8) is 0 Å². The quantitative estimate of drug-likeness (QED) is 0.172. The van der Waals surface area contributed by atoms with E-state index >= 15 is 0 Å². The van der Waals surface area contributed by atoms with Crippen LogP contribution in [0.2, 0.25) is 0 Å². The van der Waals surface area contributed by atoms with Crippen molar-refractivity contribution in [3.05, 3.63) is 224 Å². The largest absolute Gasteiger partial charge is 0.456 e. The number of furan rings is 2. The van der Waals surface area contributed by atoms with Gasteiger partial charge in [0.25, 0.3) is 0 Å². The van der Waals surface area contributed by atoms with E-state index < -0.39 is 0 Å². The van der Waals surface area contributed by atoms with E-state index in [9.17, 15) is 0 Å². The van der Waals surface area contributed by atoms with Gasteiger partial charge in [0, 0.05) is 65.5 Å². The molecule has 334 valence electrons. The highest BCUT2D eigenvalue weighted by atomic mass is 16.3. The molecular formula is C65H37N5O2. The van der Waals surface area contributed by atoms with Gasteiger partial charge in [-0.15, -0.1) is 0 Å². The van der Waals surface area contributed by atoms with E-state index in [0.29, 0.717) is 17.5 Å². The van der Waals surface area contributed by atoms with E-state index in [0.717, 1.165) is 105 Å². The van der Waals surface area contributed by atoms with E-state index in [4.69, 9.17) is 23.8 Å². The topological polar surface area (TPSA) is 74.8 Å². The number of hydrogen-bond acceptors (Lipinski definition) is 5. The minimum atomic E-state index is 0.518. The van der Waals surface area contributed by atoms with E-state index in [-0.39, 0.29) is 0 Å². The van der Waals surface area contributed by atoms with Crippen molar-refractivity contribution >= 4 is 109 Å². The number of benzene rings is 11. The molecule has 11 aromatic carbocycles. The molecule has 0 aliphatic rings. The third-order valence-corrected chi connectivity index (χ3v) is 14.7. The molecule has 0 saturated carbocycles. The Morgan fingerprint density at radius 1 is 0.292 bits per heavy atom. The van der Waals surface area contributed by atoms with Gasteiger partial charge in [0.2, 0.25) is 0 Å². The fourth-order valence-electron chi connectivity index (χ4n) is 11.4. The van der Waals surface area contributed by atoms with Crippen LogP contribution >= 0.6 is 0 Å². The Balaban J connectivity index is 1.02. The van der Waals surface area contributed by atoms with E-state index in [1.807, 2.05) is 36.4 Å². The Kier molecular flexibility index (Phi) is 8.04. The van der Waals surface area contributed by atoms with Crippen LogP contribution in [-0.2, 0) is 0 Å². The van der Waals surface area contributed by atoms with Crippen molar-refractivity contribution in [3.8, 4) is 45.5 Å². The van der Waals surface area contributed by atoms with Gasteiger partial charge in [-0.3, -0.25) is 0 Å². The SMILES string of the molecule is c1ccc(-n2c3ccccc3c3ccc(-c4nc(-c5ccc6oc7ccccc7c6c5)nc(-c5cc6oc7ccccc7c6cc5-n5c6cc7ccccc7cc6c6c7ccccc7ccc65)n4)cc32)cc1. The van der Waals surface area contributed by atoms with Gasteiger partial charge in [0.05, 0.1) is 27.8 Å². The highest BCUT2D eigenvalue weighted by Gasteiger charge is 2.24. The lowest BCUT2D eigenvalue weighted by Crippen LogP contribution is -2.04. The Hall–Kier alpha value is -9.85. The van der Waals surface area contributed by atoms with Gasteiger partial charge in [-0.05, 0) is 106 Å². The lowest BCUT2D eigenvalue weighted by atomic mass is 10.0. The minimum Gasteiger partial charge on any atom is -0.456 e. The van der Waals surface area contributed by atoms with Crippen LogP contribution in [-0.4, -0.2) is 24.1 Å². The van der Waals surface area contributed by atoms with Gasteiger partial charge < -0.3 is 18.0 Å². The number of aromatic nitrogens is 5. The van der Waals surface area contributed by atoms with E-state index in [1.54, 1.807) is 0 Å². The van der Waals surface area contributed by atoms with Crippen LogP contribution in [0.5, 0.6) is 0 Å². The summed E-state index contributed by atoms with van der Waals surface area (Å²) in [6.07, 6.45) is 0. The first-order valence-corrected chi connectivity index (χ1v) is 24.2. The predicted molar refractivity (Wildman–Crippen MR) is 294 cm³/mol. The smallest absolute Gasteiger partial charge is 0.166 e. The van der Waals surface area contributed by atoms with Crippen LogP contribution in [0.3, 0.4) is 0 Å². The van der Waals surface area contributed by atoms with Gasteiger partial charge in [-0.1, -0.05) is 140 Å². The van der Waals surface area contributed by atoms with Crippen LogP contribution < -0.4 is 0 Å². The summed E-state index contributed by atoms with van der Waals surface area (Å²) >= 11 is 0. The van der Waals surface area contributed by atoms with Crippen molar-refractivity contribution in [2.45, 2.75) is 0 Å². The molecule has 0 saturated heterocycles. The summed E-state index contributed by atoms with van der Waals surface area (Å²) in [5.74, 6) is 1.61. The summed E-state index contributed by atoms with van der Waals surface area (Å²) in [5.41, 5.74) is 12.1. The van der Waals surface area contributed by atoms with Crippen molar-refractivity contribution < 1.29 is 8.83 Å². The average molecular weight is 920 g/mol. The molecule has 0 bridgehead atoms. The summed E-state index contributed by atoms with van der Waals surface area (Å²) in [6, 6.07) is 79.2. The van der Waals surface area contributed by atoms with Crippen molar-refractivity contribution in [2.75, 3.05) is 0 Å². The second-order valence-electron chi connectivity index (χ2n) is 18.7. The number of rotatable bonds is 5. The van der Waals surface area contributed by atoms with Gasteiger partial charge in [0.1, 0.15) is 22.3 Å². The molecule has 0 aliphatic carbocycles. The standard InChI is InChI=1S/C65H37N5O2/c1-2-17-43(18-3-1)69-53-23-11-8-20-45(53)46-29-26-42(35-55(46)69)64-66-63(41-28-31-60-49(33-41)47-21-9-12-24-58(47)71-60)67-65(68-64)52-37-61-50(48-22-10-13-25-59(48)72-61)36-57(52)70-54-30-27-38-14-6-7-19-44(38)62(54)51-32-39-15-4-5-16-40(39)34-56(51)70/h1-37H. The van der Waals surface area contributed by atoms with Crippen molar-refractivity contribution in [2.24, 2.45) is 0 Å². The predicted octanol–water partition coefficient (Wildman–Crippen LogP) is 17.2. The Morgan fingerprint density at radius 2 is 0.861 bits per heavy atom. The molecule has 7 heteroatoms. The van der Waals surface area contributed by atoms with Crippen LogP contribution in [0.25, 0.3) is 155 Å². The number of fused-ring (bicyclic) bond motifs is 15. The number of nitrogens with zero attached hydrogens (tertiary/aromatic N) is 5. The Morgan fingerprint density at radius 3 is 1.65 bits per heavy atom. The first-order chi connectivity index (χ1) is 35.7. The number of para-hydroxylation sites is 4. The fraction of sp³-hybridized carbons (Fsp3) is 0. The molecule has 0 unspecified atom stereocenters. The fourth-order valence-corrected chi connectivity index (χ4v) is 11.4. The number of hydrogen-bond donors (Lipinski definition) is 0. The normalized spacial score (nSPS) is 12.2. The summed E-state index contributed by atoms with van der Waals surface area (Å²) in [5, 5.41) is 13.5. The first kappa shape index (κ1) is 39.0. The van der Waals surface area contributed by atoms with Gasteiger partial charge in [-0.2, -0.15) is 0 Å². The molecule has 0 N–H and O–H groups in total. The Bertz CT molecular complexity index is 4940. The zero-order chi connectivity index (χ0) is 47.0. The van der Waals surface area contributed by atoms with Gasteiger partial charge in [0.15, 0.2) is 17.5 Å². The lowest BCUT2D eigenvalue weighted by molar-refractivity contribution is 0.668. The van der Waals surface area contributed by atoms with E-state index in [1.165, 1.54) is 32.3 Å². The summed E-state index contributed by atoms with van der Waals surface area (Å²) in [4.78, 5) is 16.5. The third-order valence-electron chi connectivity index (χ3n) is 14.7. The average Bonchev–Trinajstić information content (AvgIpc) is 4.19. The Labute approximate surface area is 410 Å². The summed E-state index contributed by atoms with van der Waals surface area (Å²) in [7, 11) is 0. The molecule has 0 atom stereocenters. The van der Waals surface area contributed by atoms with E-state index in [2.05, 4.69) is 197 Å². The van der Waals surface area contributed by atoms with Crippen LogP contribution in [0, 0.1) is 0 Å². The lowest BCUT2D eigenvalue weighted by Gasteiger charge is -2.15. The second kappa shape index (κ2) is 14.8. The van der Waals surface area contributed by atoms with Gasteiger partial charge in [-0.25, -0.2) is 15.0 Å². The maximum atomic E-state index is 6.73. The monoisotopic (exact) mass is 919 g/mol. The zero-order valence-electron chi connectivity index (χ0n) is 38.4. The molecule has 72 heavy (non-hydrogen) atoms. The molecule has 7 nitrogen and oxygen atoms in total. The van der Waals surface area contributed by atoms with Crippen LogP contribution in [0.15, 0.2) is 233 Å². The molecule has 0 fully saturated rings. The third kappa shape index (κ3) is 5.70. The molecule has 16 rings (SSSR count). The highest BCUT2D eigenvalue weighted by molar-refractivity contribution is 6.24. The second-order valence-corrected chi connectivity index (χ2v) is 18.7. The van der Waals surface area contributed by atoms with Gasteiger partial charge >= 0.3 is 0 Å². The van der Waals surface area contributed by atoms with Crippen LogP contribution in [0.1, 0.15) is 0 Å². The molecular weight excluding hydrogens is 883 g/mol. The highest BCUT2D eigenvalue weighted by Crippen LogP contribution is 2.44. The molecule has 0 spiro atoms. The summed E-state index contributed by atoms with van der Waals surface area (Å²) in [6.45, 7) is 0. The molecule has 0 amide bonds. The van der Waals surface area contributed by atoms with Crippen LogP contribution in [0.4, 0.5) is 0 Å². The first-order valence-electron chi connectivity index (χ1n) is 24.2. The molecule has 5 heterocycles. The minimum absolute atomic E-state index is 0.518. The zero-order valence-corrected chi connectivity index (χ0v) is 38.4. The van der Waals surface area contributed by atoms with Crippen molar-refractivity contribution in [1.29, 1.82) is 0 Å².